The van der Waals surface area contributed by atoms with Gasteiger partial charge >= 0.3 is 5.97 Å². The van der Waals surface area contributed by atoms with Crippen LogP contribution in [0.15, 0.2) is 78.9 Å². The summed E-state index contributed by atoms with van der Waals surface area (Å²) in [6, 6.07) is 25.7. The molecule has 0 aliphatic carbocycles. The zero-order valence-electron chi connectivity index (χ0n) is 15.0. The summed E-state index contributed by atoms with van der Waals surface area (Å²) < 4.78 is 11.4. The molecule has 0 fully saturated rings. The topological polar surface area (TPSA) is 55.8 Å². The fourth-order valence-corrected chi connectivity index (χ4v) is 2.70. The highest BCUT2D eigenvalue weighted by atomic mass is 16.5. The van der Waals surface area contributed by atoms with E-state index >= 15 is 0 Å². The molecule has 0 bridgehead atoms. The van der Waals surface area contributed by atoms with Gasteiger partial charge in [0, 0.05) is 6.42 Å². The molecule has 0 saturated heterocycles. The van der Waals surface area contributed by atoms with Crippen LogP contribution < -0.4 is 9.47 Å². The number of carboxylic acid groups (broad SMARTS) is 1. The number of carbonyl (C=O) groups is 1. The largest absolute Gasteiger partial charge is 0.490 e. The third kappa shape index (κ3) is 5.89. The second kappa shape index (κ2) is 9.43. The maximum Gasteiger partial charge on any atom is 0.303 e. The van der Waals surface area contributed by atoms with Gasteiger partial charge in [0.15, 0.2) is 0 Å². The van der Waals surface area contributed by atoms with Crippen LogP contribution in [0, 0.1) is 0 Å². The van der Waals surface area contributed by atoms with Gasteiger partial charge in [-0.25, -0.2) is 0 Å². The number of rotatable bonds is 9. The summed E-state index contributed by atoms with van der Waals surface area (Å²) in [6.45, 7) is 0.889. The van der Waals surface area contributed by atoms with Crippen LogP contribution in [0.2, 0.25) is 0 Å². The molecule has 1 N–H and O–H groups in total. The number of aliphatic carboxylic acids is 1. The van der Waals surface area contributed by atoms with Crippen molar-refractivity contribution in [2.75, 3.05) is 13.2 Å². The monoisotopic (exact) mass is 362 g/mol. The maximum atomic E-state index is 10.6. The first-order valence-electron chi connectivity index (χ1n) is 8.92. The molecule has 4 nitrogen and oxygen atoms in total. The Bertz CT molecular complexity index is 840. The van der Waals surface area contributed by atoms with Gasteiger partial charge in [0.05, 0.1) is 0 Å². The minimum atomic E-state index is -0.788. The Morgan fingerprint density at radius 2 is 1.22 bits per heavy atom. The molecule has 0 radical (unpaired) electrons. The molecule has 3 aromatic rings. The molecule has 0 heterocycles. The molecular weight excluding hydrogens is 340 g/mol. The first-order valence-corrected chi connectivity index (χ1v) is 8.92. The molecule has 3 rings (SSSR count). The lowest BCUT2D eigenvalue weighted by Gasteiger charge is -2.09. The number of carboxylic acids is 1. The molecule has 0 amide bonds. The molecule has 0 saturated carbocycles. The molecule has 0 aliphatic rings. The summed E-state index contributed by atoms with van der Waals surface area (Å²) in [5, 5.41) is 8.70. The molecule has 27 heavy (non-hydrogen) atoms. The average Bonchev–Trinajstić information content (AvgIpc) is 2.71. The smallest absolute Gasteiger partial charge is 0.303 e. The van der Waals surface area contributed by atoms with E-state index in [0.29, 0.717) is 19.6 Å². The summed E-state index contributed by atoms with van der Waals surface area (Å²) in [5.74, 6) is 0.767. The van der Waals surface area contributed by atoms with Crippen LogP contribution in [0.25, 0.3) is 11.1 Å². The standard InChI is InChI=1S/C23H22O4/c24-23(25)15-8-18-6-11-21(12-7-18)26-16-17-27-22-13-9-20(10-14-22)19-4-2-1-3-5-19/h1-7,9-14H,8,15-17H2,(H,24,25). The van der Waals surface area contributed by atoms with Crippen molar-refractivity contribution >= 4 is 5.97 Å². The van der Waals surface area contributed by atoms with Crippen LogP contribution >= 0.6 is 0 Å². The van der Waals surface area contributed by atoms with Gasteiger partial charge in [0.1, 0.15) is 24.7 Å². The van der Waals surface area contributed by atoms with E-state index in [1.54, 1.807) is 0 Å². The molecule has 0 spiro atoms. The Balaban J connectivity index is 1.41. The number of ether oxygens (including phenoxy) is 2. The van der Waals surface area contributed by atoms with E-state index in [0.717, 1.165) is 22.6 Å². The normalized spacial score (nSPS) is 10.4. The Morgan fingerprint density at radius 3 is 1.78 bits per heavy atom. The van der Waals surface area contributed by atoms with Crippen LogP contribution in [0.4, 0.5) is 0 Å². The van der Waals surface area contributed by atoms with Gasteiger partial charge in [-0.2, -0.15) is 0 Å². The zero-order valence-corrected chi connectivity index (χ0v) is 15.0. The lowest BCUT2D eigenvalue weighted by atomic mass is 10.1. The number of aryl methyl sites for hydroxylation is 1. The van der Waals surface area contributed by atoms with E-state index in [9.17, 15) is 4.79 Å². The summed E-state index contributed by atoms with van der Waals surface area (Å²) in [5.41, 5.74) is 3.32. The minimum absolute atomic E-state index is 0.136. The second-order valence-corrected chi connectivity index (χ2v) is 6.13. The van der Waals surface area contributed by atoms with Crippen molar-refractivity contribution < 1.29 is 19.4 Å². The van der Waals surface area contributed by atoms with Gasteiger partial charge in [-0.15, -0.1) is 0 Å². The molecule has 0 unspecified atom stereocenters. The van der Waals surface area contributed by atoms with Gasteiger partial charge in [0.2, 0.25) is 0 Å². The van der Waals surface area contributed by atoms with Crippen molar-refractivity contribution in [3.05, 3.63) is 84.4 Å². The highest BCUT2D eigenvalue weighted by molar-refractivity contribution is 5.67. The van der Waals surface area contributed by atoms with Crippen molar-refractivity contribution in [3.63, 3.8) is 0 Å². The van der Waals surface area contributed by atoms with Crippen molar-refractivity contribution in [1.82, 2.24) is 0 Å². The molecule has 0 atom stereocenters. The van der Waals surface area contributed by atoms with Crippen LogP contribution in [0.5, 0.6) is 11.5 Å². The van der Waals surface area contributed by atoms with E-state index < -0.39 is 5.97 Å². The number of hydrogen-bond donors (Lipinski definition) is 1. The molecule has 4 heteroatoms. The molecular formula is C23H22O4. The predicted molar refractivity (Wildman–Crippen MR) is 105 cm³/mol. The minimum Gasteiger partial charge on any atom is -0.490 e. The fourth-order valence-electron chi connectivity index (χ4n) is 2.70. The van der Waals surface area contributed by atoms with Crippen molar-refractivity contribution in [3.8, 4) is 22.6 Å². The highest BCUT2D eigenvalue weighted by Gasteiger charge is 2.01. The van der Waals surface area contributed by atoms with Gasteiger partial charge in [-0.3, -0.25) is 4.79 Å². The Morgan fingerprint density at radius 1 is 0.704 bits per heavy atom. The summed E-state index contributed by atoms with van der Waals surface area (Å²) in [7, 11) is 0. The number of hydrogen-bond acceptors (Lipinski definition) is 3. The fraction of sp³-hybridized carbons (Fsp3) is 0.174. The van der Waals surface area contributed by atoms with E-state index in [2.05, 4.69) is 12.1 Å². The quantitative estimate of drug-likeness (QED) is 0.554. The summed E-state index contributed by atoms with van der Waals surface area (Å²) in [6.07, 6.45) is 0.662. The molecule has 138 valence electrons. The van der Waals surface area contributed by atoms with E-state index in [-0.39, 0.29) is 6.42 Å². The SMILES string of the molecule is O=C(O)CCc1ccc(OCCOc2ccc(-c3ccccc3)cc2)cc1. The van der Waals surface area contributed by atoms with E-state index in [1.165, 1.54) is 5.56 Å². The lowest BCUT2D eigenvalue weighted by Crippen LogP contribution is -2.09. The van der Waals surface area contributed by atoms with Gasteiger partial charge in [-0.05, 0) is 47.4 Å². The Kier molecular flexibility index (Phi) is 6.47. The zero-order chi connectivity index (χ0) is 18.9. The van der Waals surface area contributed by atoms with Crippen LogP contribution in [0.3, 0.4) is 0 Å². The molecule has 0 aliphatic heterocycles. The third-order valence-electron chi connectivity index (χ3n) is 4.13. The Hall–Kier alpha value is -3.27. The highest BCUT2D eigenvalue weighted by Crippen LogP contribution is 2.22. The van der Waals surface area contributed by atoms with Crippen LogP contribution in [0.1, 0.15) is 12.0 Å². The van der Waals surface area contributed by atoms with Crippen molar-refractivity contribution in [1.29, 1.82) is 0 Å². The van der Waals surface area contributed by atoms with Gasteiger partial charge in [-0.1, -0.05) is 54.6 Å². The predicted octanol–water partition coefficient (Wildman–Crippen LogP) is 4.83. The molecule has 3 aromatic carbocycles. The summed E-state index contributed by atoms with van der Waals surface area (Å²) >= 11 is 0. The second-order valence-electron chi connectivity index (χ2n) is 6.13. The third-order valence-corrected chi connectivity index (χ3v) is 4.13. The average molecular weight is 362 g/mol. The lowest BCUT2D eigenvalue weighted by molar-refractivity contribution is -0.136. The first-order chi connectivity index (χ1) is 13.2. The van der Waals surface area contributed by atoms with Crippen LogP contribution in [-0.4, -0.2) is 24.3 Å². The van der Waals surface area contributed by atoms with Crippen LogP contribution in [-0.2, 0) is 11.2 Å². The van der Waals surface area contributed by atoms with Crippen molar-refractivity contribution in [2.45, 2.75) is 12.8 Å². The maximum absolute atomic E-state index is 10.6. The van der Waals surface area contributed by atoms with E-state index in [4.69, 9.17) is 14.6 Å². The Labute approximate surface area is 159 Å². The van der Waals surface area contributed by atoms with Crippen molar-refractivity contribution in [2.24, 2.45) is 0 Å². The first kappa shape index (κ1) is 18.5. The molecule has 0 aromatic heterocycles. The number of benzene rings is 3. The van der Waals surface area contributed by atoms with Gasteiger partial charge in [0.25, 0.3) is 0 Å². The van der Waals surface area contributed by atoms with E-state index in [1.807, 2.05) is 66.7 Å². The summed E-state index contributed by atoms with van der Waals surface area (Å²) in [4.78, 5) is 10.6. The van der Waals surface area contributed by atoms with Gasteiger partial charge < -0.3 is 14.6 Å².